The maximum Gasteiger partial charge on any atom is 0.155 e. The molecule has 0 atom stereocenters. The Labute approximate surface area is 105 Å². The molecule has 102 valence electrons. The van der Waals surface area contributed by atoms with Crippen LogP contribution in [0.25, 0.3) is 0 Å². The summed E-state index contributed by atoms with van der Waals surface area (Å²) in [5.41, 5.74) is 0. The largest absolute Gasteiger partial charge is 0.314 e. The number of hydrogen-bond acceptors (Lipinski definition) is 4. The Morgan fingerprint density at radius 1 is 1.18 bits per heavy atom. The molecule has 1 N–H and O–H groups in total. The van der Waals surface area contributed by atoms with Crippen LogP contribution in [0.1, 0.15) is 47.5 Å². The highest BCUT2D eigenvalue weighted by Gasteiger charge is 2.28. The molecule has 0 fully saturated rings. The Hall–Kier alpha value is -0.420. The summed E-state index contributed by atoms with van der Waals surface area (Å²) in [5.74, 6) is -0.0391. The van der Waals surface area contributed by atoms with E-state index in [1.807, 2.05) is 13.8 Å². The number of Topliss-reactive ketones (excluding diaryl/α,β-unsaturated/α-hetero) is 1. The SMILES string of the molecule is CC(C)NCCC(=O)CCS(=O)(=O)C(C)(C)C. The molecule has 0 aromatic carbocycles. The lowest BCUT2D eigenvalue weighted by atomic mass is 10.2. The van der Waals surface area contributed by atoms with Crippen LogP contribution in [0.2, 0.25) is 0 Å². The van der Waals surface area contributed by atoms with Crippen molar-refractivity contribution in [1.29, 1.82) is 0 Å². The minimum atomic E-state index is -3.18. The van der Waals surface area contributed by atoms with Gasteiger partial charge in [0.05, 0.1) is 10.5 Å². The van der Waals surface area contributed by atoms with E-state index in [0.29, 0.717) is 19.0 Å². The van der Waals surface area contributed by atoms with Gasteiger partial charge in [-0.15, -0.1) is 0 Å². The van der Waals surface area contributed by atoms with Gasteiger partial charge in [-0.05, 0) is 20.8 Å². The third kappa shape index (κ3) is 6.78. The van der Waals surface area contributed by atoms with Crippen molar-refractivity contribution in [1.82, 2.24) is 5.32 Å². The first kappa shape index (κ1) is 16.6. The van der Waals surface area contributed by atoms with Crippen molar-refractivity contribution in [2.75, 3.05) is 12.3 Å². The molecule has 0 saturated carbocycles. The predicted molar refractivity (Wildman–Crippen MR) is 70.9 cm³/mol. The van der Waals surface area contributed by atoms with Gasteiger partial charge in [0.25, 0.3) is 0 Å². The van der Waals surface area contributed by atoms with Crippen LogP contribution in [0.5, 0.6) is 0 Å². The summed E-state index contributed by atoms with van der Waals surface area (Å²) in [6.45, 7) is 9.61. The lowest BCUT2D eigenvalue weighted by Crippen LogP contribution is -2.31. The van der Waals surface area contributed by atoms with Crippen molar-refractivity contribution in [3.05, 3.63) is 0 Å². The number of ketones is 1. The van der Waals surface area contributed by atoms with E-state index >= 15 is 0 Å². The topological polar surface area (TPSA) is 63.2 Å². The average molecular weight is 263 g/mol. The molecule has 0 heterocycles. The van der Waals surface area contributed by atoms with Gasteiger partial charge >= 0.3 is 0 Å². The van der Waals surface area contributed by atoms with Crippen LogP contribution in [-0.4, -0.2) is 37.3 Å². The molecule has 0 spiro atoms. The fourth-order valence-corrected chi connectivity index (χ4v) is 2.29. The lowest BCUT2D eigenvalue weighted by Gasteiger charge is -2.18. The highest BCUT2D eigenvalue weighted by molar-refractivity contribution is 7.92. The van der Waals surface area contributed by atoms with Crippen LogP contribution in [0.15, 0.2) is 0 Å². The fraction of sp³-hybridized carbons (Fsp3) is 0.917. The van der Waals surface area contributed by atoms with E-state index in [2.05, 4.69) is 5.32 Å². The Bertz CT molecular complexity index is 339. The van der Waals surface area contributed by atoms with Gasteiger partial charge < -0.3 is 5.32 Å². The zero-order valence-corrected chi connectivity index (χ0v) is 12.4. The minimum Gasteiger partial charge on any atom is -0.314 e. The third-order valence-electron chi connectivity index (χ3n) is 2.54. The van der Waals surface area contributed by atoms with Gasteiger partial charge in [0, 0.05) is 25.4 Å². The van der Waals surface area contributed by atoms with Crippen LogP contribution < -0.4 is 5.32 Å². The summed E-state index contributed by atoms with van der Waals surface area (Å²) >= 11 is 0. The predicted octanol–water partition coefficient (Wildman–Crippen LogP) is 1.55. The van der Waals surface area contributed by atoms with Gasteiger partial charge in [-0.3, -0.25) is 4.79 Å². The van der Waals surface area contributed by atoms with E-state index in [1.54, 1.807) is 20.8 Å². The number of rotatable bonds is 7. The molecule has 0 aromatic heterocycles. The summed E-state index contributed by atoms with van der Waals surface area (Å²) in [6.07, 6.45) is 0.525. The Morgan fingerprint density at radius 3 is 2.12 bits per heavy atom. The van der Waals surface area contributed by atoms with E-state index in [-0.39, 0.29) is 18.0 Å². The number of carbonyl (C=O) groups is 1. The molecule has 17 heavy (non-hydrogen) atoms. The molecule has 0 amide bonds. The van der Waals surface area contributed by atoms with Gasteiger partial charge in [-0.1, -0.05) is 13.8 Å². The number of nitrogens with one attached hydrogen (secondary N) is 1. The highest BCUT2D eigenvalue weighted by atomic mass is 32.2. The number of hydrogen-bond donors (Lipinski definition) is 1. The molecule has 0 radical (unpaired) electrons. The molecular weight excluding hydrogens is 238 g/mol. The summed E-state index contributed by atoms with van der Waals surface area (Å²) in [7, 11) is -3.18. The Morgan fingerprint density at radius 2 is 1.71 bits per heavy atom. The zero-order valence-electron chi connectivity index (χ0n) is 11.5. The second-order valence-electron chi connectivity index (χ2n) is 5.58. The van der Waals surface area contributed by atoms with Crippen molar-refractivity contribution < 1.29 is 13.2 Å². The molecule has 4 nitrogen and oxygen atoms in total. The molecule has 0 saturated heterocycles. The molecule has 0 aliphatic heterocycles. The second-order valence-corrected chi connectivity index (χ2v) is 8.44. The monoisotopic (exact) mass is 263 g/mol. The summed E-state index contributed by atoms with van der Waals surface area (Å²) in [6, 6.07) is 0.348. The van der Waals surface area contributed by atoms with Crippen molar-refractivity contribution in [3.63, 3.8) is 0 Å². The Balaban J connectivity index is 4.01. The fourth-order valence-electron chi connectivity index (χ4n) is 1.18. The molecule has 0 unspecified atom stereocenters. The molecule has 0 aromatic rings. The van der Waals surface area contributed by atoms with Gasteiger partial charge in [0.2, 0.25) is 0 Å². The maximum absolute atomic E-state index is 11.8. The van der Waals surface area contributed by atoms with Gasteiger partial charge in [0.1, 0.15) is 5.78 Å². The lowest BCUT2D eigenvalue weighted by molar-refractivity contribution is -0.118. The Kier molecular flexibility index (Phi) is 6.34. The van der Waals surface area contributed by atoms with Crippen LogP contribution in [0, 0.1) is 0 Å². The average Bonchev–Trinajstić information content (AvgIpc) is 2.12. The van der Waals surface area contributed by atoms with Crippen molar-refractivity contribution in [2.45, 2.75) is 58.2 Å². The minimum absolute atomic E-state index is 0.00553. The van der Waals surface area contributed by atoms with Crippen molar-refractivity contribution >= 4 is 15.6 Å². The number of sulfone groups is 1. The van der Waals surface area contributed by atoms with Gasteiger partial charge in [-0.25, -0.2) is 8.42 Å². The first-order chi connectivity index (χ1) is 7.56. The quantitative estimate of drug-likeness (QED) is 0.757. The summed E-state index contributed by atoms with van der Waals surface area (Å²) < 4.78 is 22.8. The molecule has 0 bridgehead atoms. The van der Waals surface area contributed by atoms with E-state index in [1.165, 1.54) is 0 Å². The maximum atomic E-state index is 11.8. The standard InChI is InChI=1S/C12H25NO3S/c1-10(2)13-8-6-11(14)7-9-17(15,16)12(3,4)5/h10,13H,6-9H2,1-5H3. The summed E-state index contributed by atoms with van der Waals surface area (Å²) in [4.78, 5) is 11.5. The summed E-state index contributed by atoms with van der Waals surface area (Å²) in [5, 5.41) is 3.13. The smallest absolute Gasteiger partial charge is 0.155 e. The second kappa shape index (κ2) is 6.50. The molecule has 0 rings (SSSR count). The van der Waals surface area contributed by atoms with Crippen LogP contribution in [-0.2, 0) is 14.6 Å². The van der Waals surface area contributed by atoms with Crippen molar-refractivity contribution in [2.24, 2.45) is 0 Å². The molecule has 5 heteroatoms. The molecular formula is C12H25NO3S. The van der Waals surface area contributed by atoms with E-state index in [9.17, 15) is 13.2 Å². The highest BCUT2D eigenvalue weighted by Crippen LogP contribution is 2.16. The van der Waals surface area contributed by atoms with Crippen LogP contribution >= 0.6 is 0 Å². The molecule has 0 aliphatic rings. The first-order valence-corrected chi connectivity index (χ1v) is 7.69. The van der Waals surface area contributed by atoms with Crippen LogP contribution in [0.4, 0.5) is 0 Å². The first-order valence-electron chi connectivity index (χ1n) is 6.03. The van der Waals surface area contributed by atoms with E-state index in [4.69, 9.17) is 0 Å². The van der Waals surface area contributed by atoms with Gasteiger partial charge in [-0.2, -0.15) is 0 Å². The van der Waals surface area contributed by atoms with E-state index < -0.39 is 14.6 Å². The third-order valence-corrected chi connectivity index (χ3v) is 5.15. The van der Waals surface area contributed by atoms with Crippen LogP contribution in [0.3, 0.4) is 0 Å². The normalized spacial score (nSPS) is 13.1. The van der Waals surface area contributed by atoms with E-state index in [0.717, 1.165) is 0 Å². The zero-order chi connectivity index (χ0) is 13.7. The number of carbonyl (C=O) groups excluding carboxylic acids is 1. The van der Waals surface area contributed by atoms with Crippen molar-refractivity contribution in [3.8, 4) is 0 Å². The molecule has 0 aliphatic carbocycles. The van der Waals surface area contributed by atoms with Gasteiger partial charge in [0.15, 0.2) is 9.84 Å².